The van der Waals surface area contributed by atoms with E-state index in [0.29, 0.717) is 5.56 Å². The number of aromatic carboxylic acids is 1. The van der Waals surface area contributed by atoms with Crippen molar-refractivity contribution in [3.8, 4) is 0 Å². The summed E-state index contributed by atoms with van der Waals surface area (Å²) in [4.78, 5) is 11.0. The van der Waals surface area contributed by atoms with Gasteiger partial charge in [-0.3, -0.25) is 0 Å². The van der Waals surface area contributed by atoms with Gasteiger partial charge in [-0.05, 0) is 71.4 Å². The first-order chi connectivity index (χ1) is 16.2. The van der Waals surface area contributed by atoms with E-state index in [-0.39, 0.29) is 22.3 Å². The van der Waals surface area contributed by atoms with Gasteiger partial charge in [0, 0.05) is 11.1 Å². The third-order valence-electron chi connectivity index (χ3n) is 6.29. The van der Waals surface area contributed by atoms with E-state index in [4.69, 9.17) is 5.11 Å². The van der Waals surface area contributed by atoms with Crippen LogP contribution in [0.5, 0.6) is 0 Å². The zero-order chi connectivity index (χ0) is 24.5. The monoisotopic (exact) mass is 455 g/mol. The van der Waals surface area contributed by atoms with Crippen molar-refractivity contribution in [2.75, 3.05) is 0 Å². The predicted molar refractivity (Wildman–Crippen MR) is 133 cm³/mol. The number of carbonyl (C=O) groups is 1. The maximum absolute atomic E-state index is 14.3. The minimum absolute atomic E-state index is 0.109. The molecule has 0 saturated heterocycles. The lowest BCUT2D eigenvalue weighted by molar-refractivity contribution is 0.0696. The molecule has 0 radical (unpaired) electrons. The van der Waals surface area contributed by atoms with Crippen LogP contribution in [0.4, 0.5) is 4.39 Å². The first-order valence-electron chi connectivity index (χ1n) is 11.0. The van der Waals surface area contributed by atoms with Crippen LogP contribution < -0.4 is 0 Å². The number of rotatable bonds is 5. The zero-order valence-electron chi connectivity index (χ0n) is 19.3. The minimum atomic E-state index is -1.19. The summed E-state index contributed by atoms with van der Waals surface area (Å²) in [5.41, 5.74) is 6.79. The van der Waals surface area contributed by atoms with Crippen LogP contribution in [0.3, 0.4) is 0 Å². The number of aryl methyl sites for hydroxylation is 1. The molecular weight excluding hydrogens is 429 g/mol. The number of allylic oxidation sites excluding steroid dienone is 2. The predicted octanol–water partition coefficient (Wildman–Crippen LogP) is 6.84. The van der Waals surface area contributed by atoms with Crippen molar-refractivity contribution >= 4 is 23.3 Å². The van der Waals surface area contributed by atoms with Crippen LogP contribution in [0.2, 0.25) is 0 Å². The molecule has 0 amide bonds. The third-order valence-corrected chi connectivity index (χ3v) is 6.29. The van der Waals surface area contributed by atoms with Crippen LogP contribution in [-0.4, -0.2) is 22.0 Å². The van der Waals surface area contributed by atoms with Crippen molar-refractivity contribution in [3.05, 3.63) is 118 Å². The Balaban J connectivity index is 1.69. The standard InChI is InChI=1S/C29H26FNO3/c1-18-4-6-19(7-5-18)23-14-15-29(2,3)25-16-21(10-12-24(23)25)27(31-34)13-11-20-8-9-22(28(32)33)17-26(20)30/h4-14,16-17,34H,15H2,1-3H3,(H,32,33)/b13-11+,31-27+. The molecule has 3 aromatic carbocycles. The number of hydrogen-bond acceptors (Lipinski definition) is 3. The van der Waals surface area contributed by atoms with Crippen LogP contribution in [-0.2, 0) is 5.41 Å². The van der Waals surface area contributed by atoms with Crippen LogP contribution in [0.1, 0.15) is 64.0 Å². The number of nitrogens with zero attached hydrogens (tertiary/aromatic N) is 1. The van der Waals surface area contributed by atoms with E-state index in [0.717, 1.165) is 29.2 Å². The number of halogens is 1. The van der Waals surface area contributed by atoms with Crippen LogP contribution in [0.25, 0.3) is 11.6 Å². The molecule has 34 heavy (non-hydrogen) atoms. The average Bonchev–Trinajstić information content (AvgIpc) is 2.81. The fourth-order valence-electron chi connectivity index (χ4n) is 4.23. The average molecular weight is 456 g/mol. The molecule has 1 aliphatic carbocycles. The number of carboxylic acid groups (broad SMARTS) is 1. The fraction of sp³-hybridized carbons (Fsp3) is 0.172. The first kappa shape index (κ1) is 23.2. The summed E-state index contributed by atoms with van der Waals surface area (Å²) >= 11 is 0. The third kappa shape index (κ3) is 4.55. The molecule has 0 aromatic heterocycles. The molecule has 172 valence electrons. The lowest BCUT2D eigenvalue weighted by Crippen LogP contribution is -2.22. The van der Waals surface area contributed by atoms with Crippen LogP contribution in [0.15, 0.2) is 78.0 Å². The SMILES string of the molecule is Cc1ccc(C2=CCC(C)(C)c3cc(C(/C=C/c4ccc(C(=O)O)cc4F)=N/O)ccc32)cc1. The molecule has 0 aliphatic heterocycles. The van der Waals surface area contributed by atoms with Crippen molar-refractivity contribution in [3.63, 3.8) is 0 Å². The molecule has 0 spiro atoms. The van der Waals surface area contributed by atoms with Gasteiger partial charge in [0.1, 0.15) is 11.5 Å². The van der Waals surface area contributed by atoms with E-state index in [9.17, 15) is 14.4 Å². The normalized spacial score (nSPS) is 15.2. The summed E-state index contributed by atoms with van der Waals surface area (Å²) < 4.78 is 14.3. The molecule has 0 fully saturated rings. The van der Waals surface area contributed by atoms with Gasteiger partial charge in [-0.25, -0.2) is 9.18 Å². The lowest BCUT2D eigenvalue weighted by atomic mass is 9.71. The van der Waals surface area contributed by atoms with E-state index in [1.807, 2.05) is 18.2 Å². The smallest absolute Gasteiger partial charge is 0.335 e. The van der Waals surface area contributed by atoms with Gasteiger partial charge >= 0.3 is 5.97 Å². The van der Waals surface area contributed by atoms with E-state index < -0.39 is 11.8 Å². The quantitative estimate of drug-likeness (QED) is 0.251. The van der Waals surface area contributed by atoms with Crippen molar-refractivity contribution in [2.24, 2.45) is 5.16 Å². The van der Waals surface area contributed by atoms with Crippen molar-refractivity contribution in [1.82, 2.24) is 0 Å². The highest BCUT2D eigenvalue weighted by atomic mass is 19.1. The summed E-state index contributed by atoms with van der Waals surface area (Å²) in [5, 5.41) is 22.1. The van der Waals surface area contributed by atoms with Gasteiger partial charge in [-0.15, -0.1) is 0 Å². The number of fused-ring (bicyclic) bond motifs is 1. The maximum Gasteiger partial charge on any atom is 0.335 e. The molecule has 5 heteroatoms. The number of oxime groups is 1. The van der Waals surface area contributed by atoms with Crippen LogP contribution >= 0.6 is 0 Å². The Morgan fingerprint density at radius 3 is 2.38 bits per heavy atom. The first-order valence-corrected chi connectivity index (χ1v) is 11.0. The Kier molecular flexibility index (Phi) is 6.20. The van der Waals surface area contributed by atoms with Gasteiger partial charge in [0.2, 0.25) is 0 Å². The highest BCUT2D eigenvalue weighted by Crippen LogP contribution is 2.41. The molecule has 3 aromatic rings. The maximum atomic E-state index is 14.3. The lowest BCUT2D eigenvalue weighted by Gasteiger charge is -2.33. The zero-order valence-corrected chi connectivity index (χ0v) is 19.3. The van der Waals surface area contributed by atoms with Crippen molar-refractivity contribution in [1.29, 1.82) is 0 Å². The van der Waals surface area contributed by atoms with E-state index in [1.165, 1.54) is 35.4 Å². The van der Waals surface area contributed by atoms with Gasteiger partial charge in [-0.2, -0.15) is 0 Å². The van der Waals surface area contributed by atoms with Crippen LogP contribution in [0, 0.1) is 12.7 Å². The number of carboxylic acids is 1. The summed E-state index contributed by atoms with van der Waals surface area (Å²) in [6.45, 7) is 6.43. The Bertz CT molecular complexity index is 1350. The fourth-order valence-corrected chi connectivity index (χ4v) is 4.23. The Morgan fingerprint density at radius 2 is 1.74 bits per heavy atom. The molecule has 0 bridgehead atoms. The molecule has 4 rings (SSSR count). The van der Waals surface area contributed by atoms with Gasteiger partial charge in [0.05, 0.1) is 5.56 Å². The van der Waals surface area contributed by atoms with Gasteiger partial charge in [-0.1, -0.05) is 73.1 Å². The van der Waals surface area contributed by atoms with Crippen molar-refractivity contribution in [2.45, 2.75) is 32.6 Å². The summed E-state index contributed by atoms with van der Waals surface area (Å²) in [5.74, 6) is -1.85. The second-order valence-electron chi connectivity index (χ2n) is 9.19. The molecular formula is C29H26FNO3. The summed E-state index contributed by atoms with van der Waals surface area (Å²) in [6, 6.07) is 18.1. The Hall–Kier alpha value is -3.99. The number of benzene rings is 3. The van der Waals surface area contributed by atoms with Crippen molar-refractivity contribution < 1.29 is 19.5 Å². The number of hydrogen-bond donors (Lipinski definition) is 2. The molecule has 0 heterocycles. The Labute approximate surface area is 198 Å². The molecule has 1 aliphatic rings. The van der Waals surface area contributed by atoms with Gasteiger partial charge in [0.15, 0.2) is 0 Å². The molecule has 4 nitrogen and oxygen atoms in total. The highest BCUT2D eigenvalue weighted by Gasteiger charge is 2.29. The summed E-state index contributed by atoms with van der Waals surface area (Å²) in [7, 11) is 0. The Morgan fingerprint density at radius 1 is 1.03 bits per heavy atom. The largest absolute Gasteiger partial charge is 0.478 e. The topological polar surface area (TPSA) is 69.9 Å². The van der Waals surface area contributed by atoms with E-state index in [1.54, 1.807) is 0 Å². The summed E-state index contributed by atoms with van der Waals surface area (Å²) in [6.07, 6.45) is 6.14. The van der Waals surface area contributed by atoms with E-state index >= 15 is 0 Å². The molecule has 0 unspecified atom stereocenters. The molecule has 2 N–H and O–H groups in total. The molecule has 0 saturated carbocycles. The van der Waals surface area contributed by atoms with E-state index in [2.05, 4.69) is 56.3 Å². The minimum Gasteiger partial charge on any atom is -0.478 e. The highest BCUT2D eigenvalue weighted by molar-refractivity contribution is 6.11. The van der Waals surface area contributed by atoms with Gasteiger partial charge in [0.25, 0.3) is 0 Å². The second-order valence-corrected chi connectivity index (χ2v) is 9.19. The second kappa shape index (κ2) is 9.10. The molecule has 0 atom stereocenters. The van der Waals surface area contributed by atoms with Gasteiger partial charge < -0.3 is 10.3 Å².